The first-order valence-corrected chi connectivity index (χ1v) is 6.83. The fraction of sp³-hybridized carbons (Fsp3) is 0.600. The maximum atomic E-state index is 12.9. The normalized spacial score (nSPS) is 16.8. The van der Waals surface area contributed by atoms with E-state index in [0.29, 0.717) is 5.92 Å². The molecule has 1 aromatic rings. The van der Waals surface area contributed by atoms with Crippen molar-refractivity contribution in [1.29, 1.82) is 0 Å². The van der Waals surface area contributed by atoms with E-state index in [1.54, 1.807) is 0 Å². The molecule has 0 spiro atoms. The van der Waals surface area contributed by atoms with Crippen molar-refractivity contribution in [3.8, 4) is 0 Å². The van der Waals surface area contributed by atoms with Crippen molar-refractivity contribution in [3.63, 3.8) is 0 Å². The Morgan fingerprint density at radius 3 is 2.67 bits per heavy atom. The van der Waals surface area contributed by atoms with Gasteiger partial charge in [0.1, 0.15) is 5.82 Å². The first kappa shape index (κ1) is 13.5. The van der Waals surface area contributed by atoms with E-state index < -0.39 is 0 Å². The highest BCUT2D eigenvalue weighted by Crippen LogP contribution is 2.19. The van der Waals surface area contributed by atoms with Crippen LogP contribution < -0.4 is 5.32 Å². The van der Waals surface area contributed by atoms with Crippen LogP contribution in [0.5, 0.6) is 0 Å². The monoisotopic (exact) mass is 251 g/mol. The summed E-state index contributed by atoms with van der Waals surface area (Å²) in [5.41, 5.74) is 1.18. The van der Waals surface area contributed by atoms with Gasteiger partial charge in [-0.05, 0) is 49.8 Å². The summed E-state index contributed by atoms with van der Waals surface area (Å²) in [6.07, 6.45) is 3.55. The van der Waals surface area contributed by atoms with Gasteiger partial charge in [0.05, 0.1) is 6.61 Å². The highest BCUT2D eigenvalue weighted by Gasteiger charge is 2.22. The predicted octanol–water partition coefficient (Wildman–Crippen LogP) is 2.77. The first-order valence-electron chi connectivity index (χ1n) is 6.83. The minimum absolute atomic E-state index is 0.170. The Hall–Kier alpha value is -0.930. The molecule has 3 heteroatoms. The molecule has 0 aliphatic heterocycles. The highest BCUT2D eigenvalue weighted by atomic mass is 19.1. The fourth-order valence-corrected chi connectivity index (χ4v) is 2.05. The van der Waals surface area contributed by atoms with Gasteiger partial charge in [-0.3, -0.25) is 0 Å². The quantitative estimate of drug-likeness (QED) is 0.767. The zero-order valence-electron chi connectivity index (χ0n) is 11.0. The Balaban J connectivity index is 1.83. The molecular formula is C15H22FNO. The fourth-order valence-electron chi connectivity index (χ4n) is 2.05. The van der Waals surface area contributed by atoms with Crippen LogP contribution in [0.4, 0.5) is 4.39 Å². The second-order valence-corrected chi connectivity index (χ2v) is 5.04. The Labute approximate surface area is 109 Å². The average molecular weight is 251 g/mol. The zero-order valence-corrected chi connectivity index (χ0v) is 11.0. The molecule has 0 bridgehead atoms. The maximum Gasteiger partial charge on any atom is 0.123 e. The lowest BCUT2D eigenvalue weighted by Gasteiger charge is -2.17. The first-order chi connectivity index (χ1) is 8.78. The van der Waals surface area contributed by atoms with Crippen LogP contribution in [0.15, 0.2) is 24.3 Å². The number of hydrogen-bond acceptors (Lipinski definition) is 2. The van der Waals surface area contributed by atoms with Crippen LogP contribution in [0.2, 0.25) is 0 Å². The molecule has 2 nitrogen and oxygen atoms in total. The zero-order chi connectivity index (χ0) is 12.8. The summed E-state index contributed by atoms with van der Waals surface area (Å²) in [5, 5.41) is 3.54. The Morgan fingerprint density at radius 2 is 2.06 bits per heavy atom. The Bertz CT molecular complexity index is 348. The summed E-state index contributed by atoms with van der Waals surface area (Å²) in [5.74, 6) is 0.298. The van der Waals surface area contributed by atoms with Gasteiger partial charge in [-0.25, -0.2) is 4.39 Å². The van der Waals surface area contributed by atoms with Crippen LogP contribution in [0.25, 0.3) is 0 Å². The molecule has 1 saturated carbocycles. The van der Waals surface area contributed by atoms with Gasteiger partial charge in [0.15, 0.2) is 0 Å². The van der Waals surface area contributed by atoms with Gasteiger partial charge in [0, 0.05) is 19.2 Å². The molecule has 0 saturated heterocycles. The molecule has 1 unspecified atom stereocenters. The van der Waals surface area contributed by atoms with Crippen LogP contribution in [0.1, 0.15) is 25.3 Å². The lowest BCUT2D eigenvalue weighted by molar-refractivity contribution is 0.109. The molecule has 1 aromatic carbocycles. The van der Waals surface area contributed by atoms with E-state index in [1.165, 1.54) is 30.5 Å². The molecule has 1 aliphatic carbocycles. The molecule has 0 aromatic heterocycles. The standard InChI is InChI=1S/C15H22FNO/c1-2-18-11-13(10-17-15-7-8-15)9-12-3-5-14(16)6-4-12/h3-6,13,15,17H,2,7-11H2,1H3. The van der Waals surface area contributed by atoms with Crippen molar-refractivity contribution in [2.24, 2.45) is 5.92 Å². The third kappa shape index (κ3) is 4.75. The summed E-state index contributed by atoms with van der Waals surface area (Å²) < 4.78 is 18.4. The van der Waals surface area contributed by atoms with Crippen molar-refractivity contribution >= 4 is 0 Å². The van der Waals surface area contributed by atoms with E-state index in [0.717, 1.165) is 32.2 Å². The number of rotatable bonds is 8. The lowest BCUT2D eigenvalue weighted by Crippen LogP contribution is -2.29. The third-order valence-electron chi connectivity index (χ3n) is 3.27. The van der Waals surface area contributed by atoms with E-state index in [1.807, 2.05) is 19.1 Å². The molecule has 0 amide bonds. The molecule has 1 atom stereocenters. The molecule has 1 aliphatic rings. The van der Waals surface area contributed by atoms with Crippen molar-refractivity contribution in [1.82, 2.24) is 5.32 Å². The number of hydrogen-bond donors (Lipinski definition) is 1. The van der Waals surface area contributed by atoms with Crippen molar-refractivity contribution < 1.29 is 9.13 Å². The van der Waals surface area contributed by atoms with Gasteiger partial charge >= 0.3 is 0 Å². The SMILES string of the molecule is CCOCC(CNC1CC1)Cc1ccc(F)cc1. The van der Waals surface area contributed by atoms with Crippen LogP contribution in [-0.4, -0.2) is 25.8 Å². The maximum absolute atomic E-state index is 12.9. The molecule has 1 N–H and O–H groups in total. The Morgan fingerprint density at radius 1 is 1.33 bits per heavy atom. The van der Waals surface area contributed by atoms with E-state index >= 15 is 0 Å². The summed E-state index contributed by atoms with van der Waals surface area (Å²) in [7, 11) is 0. The smallest absolute Gasteiger partial charge is 0.123 e. The molecule has 0 heterocycles. The van der Waals surface area contributed by atoms with Crippen LogP contribution in [-0.2, 0) is 11.2 Å². The van der Waals surface area contributed by atoms with Gasteiger partial charge < -0.3 is 10.1 Å². The third-order valence-corrected chi connectivity index (χ3v) is 3.27. The predicted molar refractivity (Wildman–Crippen MR) is 71.1 cm³/mol. The molecule has 2 rings (SSSR count). The average Bonchev–Trinajstić information content (AvgIpc) is 3.19. The second-order valence-electron chi connectivity index (χ2n) is 5.04. The van der Waals surface area contributed by atoms with Crippen molar-refractivity contribution in [3.05, 3.63) is 35.6 Å². The molecule has 1 fully saturated rings. The van der Waals surface area contributed by atoms with Crippen LogP contribution in [0, 0.1) is 11.7 Å². The van der Waals surface area contributed by atoms with Gasteiger partial charge in [0.25, 0.3) is 0 Å². The number of ether oxygens (including phenoxy) is 1. The molecule has 18 heavy (non-hydrogen) atoms. The van der Waals surface area contributed by atoms with Gasteiger partial charge in [-0.2, -0.15) is 0 Å². The summed E-state index contributed by atoms with van der Waals surface area (Å²) in [4.78, 5) is 0. The number of benzene rings is 1. The minimum Gasteiger partial charge on any atom is -0.381 e. The van der Waals surface area contributed by atoms with Crippen molar-refractivity contribution in [2.75, 3.05) is 19.8 Å². The number of halogens is 1. The number of nitrogens with one attached hydrogen (secondary N) is 1. The van der Waals surface area contributed by atoms with Gasteiger partial charge in [-0.15, -0.1) is 0 Å². The van der Waals surface area contributed by atoms with E-state index in [4.69, 9.17) is 4.74 Å². The minimum atomic E-state index is -0.170. The topological polar surface area (TPSA) is 21.3 Å². The van der Waals surface area contributed by atoms with E-state index in [9.17, 15) is 4.39 Å². The molecular weight excluding hydrogens is 229 g/mol. The largest absolute Gasteiger partial charge is 0.381 e. The van der Waals surface area contributed by atoms with Crippen molar-refractivity contribution in [2.45, 2.75) is 32.2 Å². The van der Waals surface area contributed by atoms with E-state index in [-0.39, 0.29) is 5.82 Å². The summed E-state index contributed by atoms with van der Waals surface area (Å²) in [6, 6.07) is 7.52. The molecule has 0 radical (unpaired) electrons. The van der Waals surface area contributed by atoms with E-state index in [2.05, 4.69) is 5.32 Å². The summed E-state index contributed by atoms with van der Waals surface area (Å²) >= 11 is 0. The Kier molecular flexibility index (Phi) is 5.14. The van der Waals surface area contributed by atoms with Gasteiger partial charge in [0.2, 0.25) is 0 Å². The molecule has 100 valence electrons. The highest BCUT2D eigenvalue weighted by molar-refractivity contribution is 5.16. The van der Waals surface area contributed by atoms with Crippen LogP contribution >= 0.6 is 0 Å². The summed E-state index contributed by atoms with van der Waals surface area (Å²) in [6.45, 7) is 4.53. The van der Waals surface area contributed by atoms with Gasteiger partial charge in [-0.1, -0.05) is 12.1 Å². The second kappa shape index (κ2) is 6.86. The van der Waals surface area contributed by atoms with Crippen LogP contribution in [0.3, 0.4) is 0 Å². The lowest BCUT2D eigenvalue weighted by atomic mass is 10.00.